The molecule has 2 fully saturated rings. The Balaban J connectivity index is 1.37. The van der Waals surface area contributed by atoms with E-state index in [-0.39, 0.29) is 18.4 Å². The number of carbonyl (C=O) groups excluding carboxylic acids is 2. The summed E-state index contributed by atoms with van der Waals surface area (Å²) in [7, 11) is 0. The van der Waals surface area contributed by atoms with Crippen LogP contribution in [0.2, 0.25) is 0 Å². The van der Waals surface area contributed by atoms with Gasteiger partial charge in [-0.25, -0.2) is 0 Å². The van der Waals surface area contributed by atoms with Crippen LogP contribution in [0.4, 0.5) is 5.69 Å². The fourth-order valence-electron chi connectivity index (χ4n) is 4.95. The number of carbonyl (C=O) groups is 2. The quantitative estimate of drug-likeness (QED) is 0.945. The van der Waals surface area contributed by atoms with Crippen LogP contribution >= 0.6 is 0 Å². The van der Waals surface area contributed by atoms with Crippen LogP contribution in [0.15, 0.2) is 36.4 Å². The summed E-state index contributed by atoms with van der Waals surface area (Å²) >= 11 is 0. The number of nitrogens with zero attached hydrogens (tertiary/aromatic N) is 1. The first-order chi connectivity index (χ1) is 11.7. The topological polar surface area (TPSA) is 49.4 Å². The van der Waals surface area contributed by atoms with Crippen LogP contribution in [0, 0.1) is 11.8 Å². The molecule has 3 unspecified atom stereocenters. The van der Waals surface area contributed by atoms with E-state index < -0.39 is 0 Å². The Bertz CT molecular complexity index is 855. The number of benzene rings is 2. The van der Waals surface area contributed by atoms with E-state index in [0.717, 1.165) is 28.8 Å². The van der Waals surface area contributed by atoms with E-state index in [4.69, 9.17) is 0 Å². The van der Waals surface area contributed by atoms with Crippen LogP contribution in [0.1, 0.15) is 36.0 Å². The molecule has 2 amide bonds. The number of nitrogens with one attached hydrogen (secondary N) is 1. The third-order valence-corrected chi connectivity index (χ3v) is 6.04. The zero-order valence-electron chi connectivity index (χ0n) is 13.5. The van der Waals surface area contributed by atoms with Crippen molar-refractivity contribution < 1.29 is 9.59 Å². The number of rotatable bonds is 3. The summed E-state index contributed by atoms with van der Waals surface area (Å²) in [5.41, 5.74) is 1.56. The molecule has 122 valence electrons. The second kappa shape index (κ2) is 5.07. The summed E-state index contributed by atoms with van der Waals surface area (Å²) in [5, 5.41) is 5.20. The van der Waals surface area contributed by atoms with Crippen molar-refractivity contribution in [2.75, 3.05) is 11.4 Å². The van der Waals surface area contributed by atoms with Crippen molar-refractivity contribution in [1.82, 2.24) is 5.32 Å². The van der Waals surface area contributed by atoms with Gasteiger partial charge in [0.05, 0.1) is 5.69 Å². The molecule has 3 aliphatic rings. The van der Waals surface area contributed by atoms with E-state index in [9.17, 15) is 9.59 Å². The Morgan fingerprint density at radius 1 is 1.12 bits per heavy atom. The second-order valence-electron chi connectivity index (χ2n) is 7.42. The van der Waals surface area contributed by atoms with Crippen LogP contribution in [0.5, 0.6) is 0 Å². The minimum absolute atomic E-state index is 0.0364. The van der Waals surface area contributed by atoms with Crippen molar-refractivity contribution in [3.63, 3.8) is 0 Å². The van der Waals surface area contributed by atoms with Crippen molar-refractivity contribution in [1.29, 1.82) is 0 Å². The third-order valence-electron chi connectivity index (χ3n) is 6.04. The highest BCUT2D eigenvalue weighted by Crippen LogP contribution is 2.44. The van der Waals surface area contributed by atoms with Gasteiger partial charge in [-0.2, -0.15) is 0 Å². The van der Waals surface area contributed by atoms with Crippen molar-refractivity contribution in [3.8, 4) is 0 Å². The lowest BCUT2D eigenvalue weighted by atomic mass is 9.95. The van der Waals surface area contributed by atoms with E-state index in [1.807, 2.05) is 36.4 Å². The molecule has 4 nitrogen and oxygen atoms in total. The van der Waals surface area contributed by atoms with E-state index in [0.29, 0.717) is 17.5 Å². The maximum absolute atomic E-state index is 12.7. The molecule has 24 heavy (non-hydrogen) atoms. The average molecular weight is 320 g/mol. The van der Waals surface area contributed by atoms with E-state index >= 15 is 0 Å². The van der Waals surface area contributed by atoms with Crippen molar-refractivity contribution in [2.24, 2.45) is 11.8 Å². The molecule has 2 aliphatic carbocycles. The Hall–Kier alpha value is -2.36. The van der Waals surface area contributed by atoms with Gasteiger partial charge in [0.25, 0.3) is 5.91 Å². The largest absolute Gasteiger partial charge is 0.352 e. The number of amides is 2. The van der Waals surface area contributed by atoms with Gasteiger partial charge in [-0.1, -0.05) is 30.7 Å². The van der Waals surface area contributed by atoms with Crippen molar-refractivity contribution >= 4 is 28.3 Å². The predicted molar refractivity (Wildman–Crippen MR) is 93.0 cm³/mol. The van der Waals surface area contributed by atoms with Crippen LogP contribution < -0.4 is 10.2 Å². The Morgan fingerprint density at radius 2 is 1.96 bits per heavy atom. The molecule has 1 heterocycles. The van der Waals surface area contributed by atoms with Crippen molar-refractivity contribution in [3.05, 3.63) is 42.0 Å². The van der Waals surface area contributed by atoms with Crippen LogP contribution in [-0.2, 0) is 4.79 Å². The molecule has 1 aliphatic heterocycles. The van der Waals surface area contributed by atoms with Gasteiger partial charge in [0, 0.05) is 17.0 Å². The molecule has 0 spiro atoms. The monoisotopic (exact) mass is 320 g/mol. The number of hydrogen-bond donors (Lipinski definition) is 1. The predicted octanol–water partition coefficient (Wildman–Crippen LogP) is 3.10. The minimum Gasteiger partial charge on any atom is -0.352 e. The van der Waals surface area contributed by atoms with Gasteiger partial charge in [0.2, 0.25) is 5.91 Å². The highest BCUT2D eigenvalue weighted by molar-refractivity contribution is 6.26. The zero-order valence-corrected chi connectivity index (χ0v) is 13.5. The first-order valence-electron chi connectivity index (χ1n) is 8.83. The molecular weight excluding hydrogens is 300 g/mol. The molecular formula is C20H20N2O2. The van der Waals surface area contributed by atoms with Crippen molar-refractivity contribution in [2.45, 2.75) is 31.7 Å². The summed E-state index contributed by atoms with van der Waals surface area (Å²) in [4.78, 5) is 26.9. The molecule has 2 bridgehead atoms. The maximum Gasteiger partial charge on any atom is 0.259 e. The molecule has 2 aromatic carbocycles. The fraction of sp³-hybridized carbons (Fsp3) is 0.400. The van der Waals surface area contributed by atoms with Gasteiger partial charge in [-0.15, -0.1) is 0 Å². The first-order valence-corrected chi connectivity index (χ1v) is 8.83. The lowest BCUT2D eigenvalue weighted by molar-refractivity contribution is -0.120. The number of hydrogen-bond acceptors (Lipinski definition) is 2. The molecule has 0 aromatic heterocycles. The highest BCUT2D eigenvalue weighted by Gasteiger charge is 2.40. The summed E-state index contributed by atoms with van der Waals surface area (Å²) < 4.78 is 0. The lowest BCUT2D eigenvalue weighted by Crippen LogP contribution is -2.45. The van der Waals surface area contributed by atoms with E-state index in [1.165, 1.54) is 19.3 Å². The van der Waals surface area contributed by atoms with Gasteiger partial charge in [0.15, 0.2) is 0 Å². The first kappa shape index (κ1) is 14.0. The Morgan fingerprint density at radius 3 is 2.71 bits per heavy atom. The SMILES string of the molecule is O=C(CN1C(=O)c2cccc3cccc1c23)NC1CC2CCC1C2. The average Bonchev–Trinajstić information content (AvgIpc) is 3.26. The normalized spacial score (nSPS) is 27.2. The smallest absolute Gasteiger partial charge is 0.259 e. The van der Waals surface area contributed by atoms with Crippen LogP contribution in [-0.4, -0.2) is 24.4 Å². The van der Waals surface area contributed by atoms with Crippen LogP contribution in [0.25, 0.3) is 10.8 Å². The minimum atomic E-state index is -0.0649. The van der Waals surface area contributed by atoms with Gasteiger partial charge in [-0.3, -0.25) is 14.5 Å². The molecule has 2 saturated carbocycles. The molecule has 3 atom stereocenters. The maximum atomic E-state index is 12.7. The van der Waals surface area contributed by atoms with Gasteiger partial charge < -0.3 is 5.32 Å². The summed E-state index contributed by atoms with van der Waals surface area (Å²) in [6, 6.07) is 12.0. The Labute approximate surface area is 140 Å². The molecule has 1 N–H and O–H groups in total. The third kappa shape index (κ3) is 1.98. The van der Waals surface area contributed by atoms with Gasteiger partial charge in [0.1, 0.15) is 6.54 Å². The second-order valence-corrected chi connectivity index (χ2v) is 7.42. The summed E-state index contributed by atoms with van der Waals surface area (Å²) in [6.07, 6.45) is 4.93. The van der Waals surface area contributed by atoms with Gasteiger partial charge in [-0.05, 0) is 48.6 Å². The highest BCUT2D eigenvalue weighted by atomic mass is 16.2. The molecule has 0 saturated heterocycles. The Kier molecular flexibility index (Phi) is 2.96. The summed E-state index contributed by atoms with van der Waals surface area (Å²) in [6.45, 7) is 0.112. The summed E-state index contributed by atoms with van der Waals surface area (Å²) in [5.74, 6) is 1.34. The molecule has 0 radical (unpaired) electrons. The van der Waals surface area contributed by atoms with E-state index in [2.05, 4.69) is 5.32 Å². The molecule has 4 heteroatoms. The standard InChI is InChI=1S/C20H20N2O2/c23-18(21-16-10-12-7-8-14(16)9-12)11-22-17-6-2-4-13-3-1-5-15(19(13)17)20(22)24/h1-6,12,14,16H,7-11H2,(H,21,23). The van der Waals surface area contributed by atoms with Gasteiger partial charge >= 0.3 is 0 Å². The molecule has 2 aromatic rings. The number of anilines is 1. The molecule has 5 rings (SSSR count). The van der Waals surface area contributed by atoms with E-state index in [1.54, 1.807) is 4.90 Å². The lowest BCUT2D eigenvalue weighted by Gasteiger charge is -2.24. The zero-order chi connectivity index (χ0) is 16.3. The van der Waals surface area contributed by atoms with Crippen LogP contribution in [0.3, 0.4) is 0 Å². The fourth-order valence-corrected chi connectivity index (χ4v) is 4.95. The number of fused-ring (bicyclic) bond motifs is 2.